The van der Waals surface area contributed by atoms with Gasteiger partial charge in [0.15, 0.2) is 0 Å². The van der Waals surface area contributed by atoms with Crippen molar-refractivity contribution in [1.82, 2.24) is 4.90 Å². The molecule has 1 unspecified atom stereocenters. The third kappa shape index (κ3) is 3.10. The highest BCUT2D eigenvalue weighted by Crippen LogP contribution is 2.26. The van der Waals surface area contributed by atoms with Gasteiger partial charge in [0.25, 0.3) is 11.8 Å². The van der Waals surface area contributed by atoms with E-state index in [4.69, 9.17) is 4.74 Å². The third-order valence-corrected chi connectivity index (χ3v) is 4.06. The fourth-order valence-corrected chi connectivity index (χ4v) is 2.93. The van der Waals surface area contributed by atoms with Crippen LogP contribution in [0, 0.1) is 0 Å². The van der Waals surface area contributed by atoms with Crippen LogP contribution in [0.25, 0.3) is 0 Å². The van der Waals surface area contributed by atoms with E-state index in [1.807, 2.05) is 6.92 Å². The first-order valence-electron chi connectivity index (χ1n) is 7.94. The number of fused-ring (bicyclic) bond motifs is 1. The Bertz CT molecular complexity index is 810. The summed E-state index contributed by atoms with van der Waals surface area (Å²) in [6, 6.07) is 12.1. The lowest BCUT2D eigenvalue weighted by atomic mass is 10.0. The second-order valence-corrected chi connectivity index (χ2v) is 5.66. The SMILES string of the molecule is CCOc1cccc(CC(C(=O)O)N2C(=O)c3ccccc3C2=O)c1. The Morgan fingerprint density at radius 2 is 1.72 bits per heavy atom. The molecule has 1 aliphatic rings. The van der Waals surface area contributed by atoms with Gasteiger partial charge in [0.05, 0.1) is 17.7 Å². The first-order chi connectivity index (χ1) is 12.0. The van der Waals surface area contributed by atoms with Gasteiger partial charge in [-0.25, -0.2) is 4.79 Å². The summed E-state index contributed by atoms with van der Waals surface area (Å²) in [7, 11) is 0. The topological polar surface area (TPSA) is 83.9 Å². The Labute approximate surface area is 144 Å². The molecule has 0 aliphatic carbocycles. The summed E-state index contributed by atoms with van der Waals surface area (Å²) in [4.78, 5) is 37.7. The van der Waals surface area contributed by atoms with E-state index >= 15 is 0 Å². The molecule has 128 valence electrons. The van der Waals surface area contributed by atoms with Crippen molar-refractivity contribution in [2.45, 2.75) is 19.4 Å². The van der Waals surface area contributed by atoms with Gasteiger partial charge < -0.3 is 9.84 Å². The number of imide groups is 1. The van der Waals surface area contributed by atoms with Gasteiger partial charge in [0.2, 0.25) is 0 Å². The van der Waals surface area contributed by atoms with Crippen molar-refractivity contribution in [2.75, 3.05) is 6.61 Å². The van der Waals surface area contributed by atoms with Gasteiger partial charge in [-0.2, -0.15) is 0 Å². The predicted molar refractivity (Wildman–Crippen MR) is 89.7 cm³/mol. The van der Waals surface area contributed by atoms with Crippen molar-refractivity contribution in [3.8, 4) is 5.75 Å². The Morgan fingerprint density at radius 3 is 2.28 bits per heavy atom. The standard InChI is InChI=1S/C19H17NO5/c1-2-25-13-7-5-6-12(10-13)11-16(19(23)24)20-17(21)14-8-3-4-9-15(14)18(20)22/h3-10,16H,2,11H2,1H3,(H,23,24). The summed E-state index contributed by atoms with van der Waals surface area (Å²) >= 11 is 0. The van der Waals surface area contributed by atoms with Crippen LogP contribution in [-0.2, 0) is 11.2 Å². The van der Waals surface area contributed by atoms with Crippen molar-refractivity contribution in [2.24, 2.45) is 0 Å². The van der Waals surface area contributed by atoms with Crippen LogP contribution in [-0.4, -0.2) is 40.4 Å². The average molecular weight is 339 g/mol. The van der Waals surface area contributed by atoms with Crippen LogP contribution in [0.2, 0.25) is 0 Å². The van der Waals surface area contributed by atoms with Gasteiger partial charge >= 0.3 is 5.97 Å². The monoisotopic (exact) mass is 339 g/mol. The maximum atomic E-state index is 12.5. The zero-order valence-electron chi connectivity index (χ0n) is 13.6. The van der Waals surface area contributed by atoms with E-state index in [-0.39, 0.29) is 17.5 Å². The van der Waals surface area contributed by atoms with E-state index in [2.05, 4.69) is 0 Å². The summed E-state index contributed by atoms with van der Waals surface area (Å²) < 4.78 is 5.41. The van der Waals surface area contributed by atoms with Crippen molar-refractivity contribution in [3.63, 3.8) is 0 Å². The number of ether oxygens (including phenoxy) is 1. The predicted octanol–water partition coefficient (Wildman–Crippen LogP) is 2.38. The van der Waals surface area contributed by atoms with Crippen LogP contribution >= 0.6 is 0 Å². The summed E-state index contributed by atoms with van der Waals surface area (Å²) in [5.41, 5.74) is 1.15. The number of carbonyl (C=O) groups is 3. The Hall–Kier alpha value is -3.15. The summed E-state index contributed by atoms with van der Waals surface area (Å²) in [5.74, 6) is -1.76. The highest BCUT2D eigenvalue weighted by atomic mass is 16.5. The smallest absolute Gasteiger partial charge is 0.327 e. The highest BCUT2D eigenvalue weighted by Gasteiger charge is 2.42. The molecule has 0 saturated heterocycles. The number of benzene rings is 2. The summed E-state index contributed by atoms with van der Waals surface area (Å²) in [6.07, 6.45) is 0.0156. The Kier molecular flexibility index (Phi) is 4.52. The molecule has 0 radical (unpaired) electrons. The normalized spacial score (nSPS) is 14.4. The van der Waals surface area contributed by atoms with Crippen LogP contribution in [0.5, 0.6) is 5.75 Å². The summed E-state index contributed by atoms with van der Waals surface area (Å²) in [6.45, 7) is 2.34. The molecule has 2 aromatic rings. The fraction of sp³-hybridized carbons (Fsp3) is 0.211. The number of nitrogens with zero attached hydrogens (tertiary/aromatic N) is 1. The first kappa shape index (κ1) is 16.7. The molecule has 0 fully saturated rings. The molecule has 1 atom stereocenters. The van der Waals surface area contributed by atoms with E-state index in [1.54, 1.807) is 36.4 Å². The maximum absolute atomic E-state index is 12.5. The van der Waals surface area contributed by atoms with Crippen LogP contribution in [0.1, 0.15) is 33.2 Å². The fourth-order valence-electron chi connectivity index (χ4n) is 2.93. The zero-order chi connectivity index (χ0) is 18.0. The van der Waals surface area contributed by atoms with Gasteiger partial charge in [-0.05, 0) is 36.8 Å². The van der Waals surface area contributed by atoms with Crippen molar-refractivity contribution in [3.05, 3.63) is 65.2 Å². The zero-order valence-corrected chi connectivity index (χ0v) is 13.6. The number of amides is 2. The highest BCUT2D eigenvalue weighted by molar-refractivity contribution is 6.22. The molecule has 0 spiro atoms. The van der Waals surface area contributed by atoms with Gasteiger partial charge in [0.1, 0.15) is 11.8 Å². The van der Waals surface area contributed by atoms with Crippen molar-refractivity contribution >= 4 is 17.8 Å². The molecule has 25 heavy (non-hydrogen) atoms. The molecular formula is C19H17NO5. The van der Waals surface area contributed by atoms with Crippen LogP contribution in [0.4, 0.5) is 0 Å². The molecule has 0 aromatic heterocycles. The minimum atomic E-state index is -1.27. The molecule has 1 aliphatic heterocycles. The van der Waals surface area contributed by atoms with Gasteiger partial charge in [-0.1, -0.05) is 24.3 Å². The third-order valence-electron chi connectivity index (χ3n) is 4.06. The number of hydrogen-bond acceptors (Lipinski definition) is 4. The molecule has 1 N–H and O–H groups in total. The molecule has 6 heteroatoms. The number of rotatable bonds is 6. The number of carboxylic acids is 1. The number of aliphatic carboxylic acids is 1. The lowest BCUT2D eigenvalue weighted by Gasteiger charge is -2.22. The molecule has 1 heterocycles. The quantitative estimate of drug-likeness (QED) is 0.817. The first-order valence-corrected chi connectivity index (χ1v) is 7.94. The molecule has 6 nitrogen and oxygen atoms in total. The molecular weight excluding hydrogens is 322 g/mol. The van der Waals surface area contributed by atoms with Gasteiger partial charge in [-0.3, -0.25) is 14.5 Å². The average Bonchev–Trinajstić information content (AvgIpc) is 2.85. The lowest BCUT2D eigenvalue weighted by Crippen LogP contribution is -2.46. The Morgan fingerprint density at radius 1 is 1.08 bits per heavy atom. The van der Waals surface area contributed by atoms with E-state index in [0.29, 0.717) is 17.9 Å². The molecule has 2 amide bonds. The number of carbonyl (C=O) groups excluding carboxylic acids is 2. The van der Waals surface area contributed by atoms with Crippen molar-refractivity contribution in [1.29, 1.82) is 0 Å². The number of hydrogen-bond donors (Lipinski definition) is 1. The van der Waals surface area contributed by atoms with Crippen LogP contribution < -0.4 is 4.74 Å². The Balaban J connectivity index is 1.90. The second kappa shape index (κ2) is 6.76. The maximum Gasteiger partial charge on any atom is 0.327 e. The lowest BCUT2D eigenvalue weighted by molar-refractivity contribution is -0.141. The van der Waals surface area contributed by atoms with E-state index < -0.39 is 23.8 Å². The molecule has 0 bridgehead atoms. The van der Waals surface area contributed by atoms with Gasteiger partial charge in [0, 0.05) is 6.42 Å². The minimum Gasteiger partial charge on any atom is -0.494 e. The van der Waals surface area contributed by atoms with E-state index in [1.165, 1.54) is 12.1 Å². The van der Waals surface area contributed by atoms with E-state index in [9.17, 15) is 19.5 Å². The molecule has 0 saturated carbocycles. The van der Waals surface area contributed by atoms with E-state index in [0.717, 1.165) is 4.90 Å². The minimum absolute atomic E-state index is 0.0156. The van der Waals surface area contributed by atoms with Crippen LogP contribution in [0.15, 0.2) is 48.5 Å². The van der Waals surface area contributed by atoms with Crippen molar-refractivity contribution < 1.29 is 24.2 Å². The van der Waals surface area contributed by atoms with Gasteiger partial charge in [-0.15, -0.1) is 0 Å². The summed E-state index contributed by atoms with van der Waals surface area (Å²) in [5, 5.41) is 9.60. The largest absolute Gasteiger partial charge is 0.494 e. The molecule has 3 rings (SSSR count). The second-order valence-electron chi connectivity index (χ2n) is 5.66. The van der Waals surface area contributed by atoms with Crippen LogP contribution in [0.3, 0.4) is 0 Å². The number of carboxylic acid groups (broad SMARTS) is 1. The molecule has 2 aromatic carbocycles.